The SMILES string of the molecule is Clc1ccc(Cc2ccc3c(c2)oc2ccccc23)cc1. The van der Waals surface area contributed by atoms with Gasteiger partial charge in [0.25, 0.3) is 0 Å². The van der Waals surface area contributed by atoms with Gasteiger partial charge in [-0.3, -0.25) is 0 Å². The molecule has 2 heteroatoms. The van der Waals surface area contributed by atoms with Crippen LogP contribution in [0.3, 0.4) is 0 Å². The Balaban J connectivity index is 1.76. The molecule has 0 bridgehead atoms. The number of halogens is 1. The van der Waals surface area contributed by atoms with Gasteiger partial charge in [0, 0.05) is 15.8 Å². The lowest BCUT2D eigenvalue weighted by Crippen LogP contribution is -1.87. The third-order valence-electron chi connectivity index (χ3n) is 3.76. The molecule has 0 radical (unpaired) electrons. The van der Waals surface area contributed by atoms with Crippen molar-refractivity contribution >= 4 is 33.5 Å². The van der Waals surface area contributed by atoms with Crippen LogP contribution in [0.1, 0.15) is 11.1 Å². The molecule has 0 fully saturated rings. The van der Waals surface area contributed by atoms with E-state index in [2.05, 4.69) is 36.4 Å². The highest BCUT2D eigenvalue weighted by Gasteiger charge is 2.07. The number of hydrogen-bond acceptors (Lipinski definition) is 1. The lowest BCUT2D eigenvalue weighted by Gasteiger charge is -2.02. The van der Waals surface area contributed by atoms with Gasteiger partial charge in [-0.15, -0.1) is 0 Å². The van der Waals surface area contributed by atoms with Crippen molar-refractivity contribution in [2.75, 3.05) is 0 Å². The number of fused-ring (bicyclic) bond motifs is 3. The first-order valence-electron chi connectivity index (χ1n) is 6.94. The number of hydrogen-bond donors (Lipinski definition) is 0. The fraction of sp³-hybridized carbons (Fsp3) is 0.0526. The molecule has 0 aliphatic rings. The quantitative estimate of drug-likeness (QED) is 0.453. The predicted octanol–water partition coefficient (Wildman–Crippen LogP) is 5.83. The van der Waals surface area contributed by atoms with Gasteiger partial charge in [0.05, 0.1) is 0 Å². The lowest BCUT2D eigenvalue weighted by atomic mass is 10.0. The van der Waals surface area contributed by atoms with Gasteiger partial charge in [0.2, 0.25) is 0 Å². The van der Waals surface area contributed by atoms with Crippen molar-refractivity contribution in [3.63, 3.8) is 0 Å². The average Bonchev–Trinajstić information content (AvgIpc) is 2.87. The van der Waals surface area contributed by atoms with Crippen LogP contribution in [0.2, 0.25) is 5.02 Å². The third kappa shape index (κ3) is 2.30. The maximum absolute atomic E-state index is 5.93. The first-order chi connectivity index (χ1) is 10.3. The summed E-state index contributed by atoms with van der Waals surface area (Å²) in [6, 6.07) is 22.6. The molecular formula is C19H13ClO. The van der Waals surface area contributed by atoms with Crippen molar-refractivity contribution in [2.24, 2.45) is 0 Å². The normalized spacial score (nSPS) is 11.3. The van der Waals surface area contributed by atoms with E-state index in [1.165, 1.54) is 21.9 Å². The van der Waals surface area contributed by atoms with Crippen molar-refractivity contribution in [1.29, 1.82) is 0 Å². The number of furan rings is 1. The molecule has 1 heterocycles. The number of para-hydroxylation sites is 1. The Bertz CT molecular complexity index is 919. The molecule has 0 unspecified atom stereocenters. The molecule has 1 aromatic heterocycles. The van der Waals surface area contributed by atoms with Crippen LogP contribution in [0, 0.1) is 0 Å². The molecule has 1 nitrogen and oxygen atoms in total. The maximum atomic E-state index is 5.93. The van der Waals surface area contributed by atoms with Gasteiger partial charge in [-0.25, -0.2) is 0 Å². The molecule has 0 aliphatic heterocycles. The second kappa shape index (κ2) is 4.94. The van der Waals surface area contributed by atoms with E-state index in [1.807, 2.05) is 30.3 Å². The highest BCUT2D eigenvalue weighted by molar-refractivity contribution is 6.30. The zero-order valence-corrected chi connectivity index (χ0v) is 12.1. The zero-order chi connectivity index (χ0) is 14.2. The summed E-state index contributed by atoms with van der Waals surface area (Å²) in [5, 5.41) is 3.11. The van der Waals surface area contributed by atoms with Gasteiger partial charge in [0.1, 0.15) is 11.2 Å². The minimum absolute atomic E-state index is 0.770. The smallest absolute Gasteiger partial charge is 0.135 e. The molecule has 0 spiro atoms. The minimum Gasteiger partial charge on any atom is -0.456 e. The Kier molecular flexibility index (Phi) is 2.94. The molecular weight excluding hydrogens is 280 g/mol. The summed E-state index contributed by atoms with van der Waals surface area (Å²) >= 11 is 5.92. The van der Waals surface area contributed by atoms with Gasteiger partial charge >= 0.3 is 0 Å². The summed E-state index contributed by atoms with van der Waals surface area (Å²) in [5.41, 5.74) is 4.37. The Hall–Kier alpha value is -2.25. The molecule has 0 amide bonds. The van der Waals surface area contributed by atoms with Crippen molar-refractivity contribution in [3.05, 3.63) is 82.9 Å². The average molecular weight is 293 g/mol. The highest BCUT2D eigenvalue weighted by Crippen LogP contribution is 2.29. The first-order valence-corrected chi connectivity index (χ1v) is 7.32. The van der Waals surface area contributed by atoms with Crippen molar-refractivity contribution in [1.82, 2.24) is 0 Å². The van der Waals surface area contributed by atoms with E-state index in [1.54, 1.807) is 0 Å². The summed E-state index contributed by atoms with van der Waals surface area (Å²) in [5.74, 6) is 0. The van der Waals surface area contributed by atoms with Crippen LogP contribution in [-0.2, 0) is 6.42 Å². The van der Waals surface area contributed by atoms with Crippen LogP contribution < -0.4 is 0 Å². The third-order valence-corrected chi connectivity index (χ3v) is 4.02. The maximum Gasteiger partial charge on any atom is 0.135 e. The molecule has 0 atom stereocenters. The van der Waals surface area contributed by atoms with Crippen molar-refractivity contribution in [2.45, 2.75) is 6.42 Å². The van der Waals surface area contributed by atoms with Crippen molar-refractivity contribution < 1.29 is 4.42 Å². The second-order valence-corrected chi connectivity index (χ2v) is 5.67. The van der Waals surface area contributed by atoms with Crippen LogP contribution in [0.4, 0.5) is 0 Å². The molecule has 0 saturated heterocycles. The van der Waals surface area contributed by atoms with Gasteiger partial charge in [0.15, 0.2) is 0 Å². The second-order valence-electron chi connectivity index (χ2n) is 5.23. The Labute approximate surface area is 127 Å². The van der Waals surface area contributed by atoms with Crippen LogP contribution in [0.15, 0.2) is 71.1 Å². The molecule has 0 aliphatic carbocycles. The zero-order valence-electron chi connectivity index (χ0n) is 11.3. The molecule has 4 aromatic rings. The topological polar surface area (TPSA) is 13.1 Å². The van der Waals surface area contributed by atoms with Gasteiger partial charge in [-0.1, -0.05) is 54.1 Å². The van der Waals surface area contributed by atoms with Crippen LogP contribution in [0.5, 0.6) is 0 Å². The molecule has 102 valence electrons. The summed E-state index contributed by atoms with van der Waals surface area (Å²) < 4.78 is 5.93. The predicted molar refractivity (Wildman–Crippen MR) is 88.0 cm³/mol. The van der Waals surface area contributed by atoms with Gasteiger partial charge in [-0.05, 0) is 41.8 Å². The van der Waals surface area contributed by atoms with Crippen LogP contribution in [0.25, 0.3) is 21.9 Å². The van der Waals surface area contributed by atoms with Crippen molar-refractivity contribution in [3.8, 4) is 0 Å². The number of benzene rings is 3. The summed E-state index contributed by atoms with van der Waals surface area (Å²) in [4.78, 5) is 0. The lowest BCUT2D eigenvalue weighted by molar-refractivity contribution is 0.668. The van der Waals surface area contributed by atoms with Crippen LogP contribution in [-0.4, -0.2) is 0 Å². The molecule has 4 rings (SSSR count). The van der Waals surface area contributed by atoms with Crippen LogP contribution >= 0.6 is 11.6 Å². The summed E-state index contributed by atoms with van der Waals surface area (Å²) in [6.45, 7) is 0. The van der Waals surface area contributed by atoms with E-state index in [9.17, 15) is 0 Å². The minimum atomic E-state index is 0.770. The molecule has 3 aromatic carbocycles. The van der Waals surface area contributed by atoms with E-state index < -0.39 is 0 Å². The highest BCUT2D eigenvalue weighted by atomic mass is 35.5. The van der Waals surface area contributed by atoms with E-state index >= 15 is 0 Å². The van der Waals surface area contributed by atoms with E-state index in [-0.39, 0.29) is 0 Å². The first kappa shape index (κ1) is 12.5. The molecule has 0 saturated carbocycles. The fourth-order valence-corrected chi connectivity index (χ4v) is 2.84. The summed E-state index contributed by atoms with van der Waals surface area (Å²) in [6.07, 6.45) is 0.879. The molecule has 0 N–H and O–H groups in total. The Morgan fingerprint density at radius 1 is 0.714 bits per heavy atom. The van der Waals surface area contributed by atoms with E-state index in [0.717, 1.165) is 22.6 Å². The summed E-state index contributed by atoms with van der Waals surface area (Å²) in [7, 11) is 0. The Morgan fingerprint density at radius 3 is 2.29 bits per heavy atom. The molecule has 21 heavy (non-hydrogen) atoms. The fourth-order valence-electron chi connectivity index (χ4n) is 2.72. The van der Waals surface area contributed by atoms with Gasteiger partial charge < -0.3 is 4.42 Å². The largest absolute Gasteiger partial charge is 0.456 e. The van der Waals surface area contributed by atoms with E-state index in [0.29, 0.717) is 0 Å². The standard InChI is InChI=1S/C19H13ClO/c20-15-8-5-13(6-9-15)11-14-7-10-17-16-3-1-2-4-18(16)21-19(17)12-14/h1-10,12H,11H2. The Morgan fingerprint density at radius 2 is 1.43 bits per heavy atom. The monoisotopic (exact) mass is 292 g/mol. The number of rotatable bonds is 2. The van der Waals surface area contributed by atoms with E-state index in [4.69, 9.17) is 16.0 Å². The van der Waals surface area contributed by atoms with Gasteiger partial charge in [-0.2, -0.15) is 0 Å².